The van der Waals surface area contributed by atoms with Crippen LogP contribution in [0.4, 0.5) is 0 Å². The Morgan fingerprint density at radius 3 is 1.71 bits per heavy atom. The Hall–Kier alpha value is -4.25. The number of rotatable bonds is 14. The van der Waals surface area contributed by atoms with Crippen molar-refractivity contribution in [3.05, 3.63) is 71.8 Å². The van der Waals surface area contributed by atoms with Gasteiger partial charge in [0.15, 0.2) is 0 Å². The number of carbonyl (C=O) groups excluding carboxylic acids is 4. The minimum absolute atomic E-state index is 0.0108. The van der Waals surface area contributed by atoms with Crippen LogP contribution in [-0.4, -0.2) is 58.9 Å². The van der Waals surface area contributed by atoms with Crippen LogP contribution in [0.15, 0.2) is 60.7 Å². The lowest BCUT2D eigenvalue weighted by Crippen LogP contribution is -2.59. The van der Waals surface area contributed by atoms with Crippen molar-refractivity contribution in [3.63, 3.8) is 0 Å². The standard InChI is InChI=1S/C27H35N5O6/c1-16(2)23(32-24(34)19(28)13-17-9-5-3-6-10-17)26(36)30-20(15-22(29)33)25(35)31-21(27(37)38)14-18-11-7-4-8-12-18/h3-12,16,19-21,23H,13-15,28H2,1-2H3,(H2,29,33)(H,30,36)(H,31,35)(H,32,34)(H,37,38). The molecule has 0 spiro atoms. The molecule has 2 aromatic rings. The second-order valence-electron chi connectivity index (χ2n) is 9.35. The summed E-state index contributed by atoms with van der Waals surface area (Å²) >= 11 is 0. The fourth-order valence-corrected chi connectivity index (χ4v) is 3.75. The van der Waals surface area contributed by atoms with Crippen LogP contribution in [0.2, 0.25) is 0 Å². The average Bonchev–Trinajstić information content (AvgIpc) is 2.86. The topological polar surface area (TPSA) is 194 Å². The molecule has 4 amide bonds. The Morgan fingerprint density at radius 1 is 0.737 bits per heavy atom. The summed E-state index contributed by atoms with van der Waals surface area (Å²) in [7, 11) is 0. The highest BCUT2D eigenvalue weighted by Gasteiger charge is 2.32. The third-order valence-corrected chi connectivity index (χ3v) is 5.82. The maximum absolute atomic E-state index is 13.1. The van der Waals surface area contributed by atoms with Gasteiger partial charge in [-0.3, -0.25) is 19.2 Å². The van der Waals surface area contributed by atoms with Crippen LogP contribution in [-0.2, 0) is 36.8 Å². The van der Waals surface area contributed by atoms with Gasteiger partial charge < -0.3 is 32.5 Å². The highest BCUT2D eigenvalue weighted by atomic mass is 16.4. The number of benzene rings is 2. The molecule has 11 heteroatoms. The minimum Gasteiger partial charge on any atom is -0.480 e. The van der Waals surface area contributed by atoms with Crippen LogP contribution < -0.4 is 27.4 Å². The van der Waals surface area contributed by atoms with Crippen molar-refractivity contribution >= 4 is 29.6 Å². The Morgan fingerprint density at radius 2 is 1.24 bits per heavy atom. The highest BCUT2D eigenvalue weighted by molar-refractivity contribution is 5.96. The molecular formula is C27H35N5O6. The second-order valence-corrected chi connectivity index (χ2v) is 9.35. The summed E-state index contributed by atoms with van der Waals surface area (Å²) in [6.45, 7) is 3.38. The number of carboxylic acids is 1. The van der Waals surface area contributed by atoms with Crippen LogP contribution >= 0.6 is 0 Å². The lowest BCUT2D eigenvalue weighted by Gasteiger charge is -2.26. The summed E-state index contributed by atoms with van der Waals surface area (Å²) in [5.41, 5.74) is 12.8. The average molecular weight is 526 g/mol. The molecule has 38 heavy (non-hydrogen) atoms. The van der Waals surface area contributed by atoms with E-state index in [0.29, 0.717) is 5.56 Å². The number of hydrogen-bond donors (Lipinski definition) is 6. The summed E-state index contributed by atoms with van der Waals surface area (Å²) in [6.07, 6.45) is -0.325. The molecule has 0 aliphatic rings. The van der Waals surface area contributed by atoms with E-state index in [4.69, 9.17) is 11.5 Å². The van der Waals surface area contributed by atoms with Crippen LogP contribution in [0, 0.1) is 5.92 Å². The van der Waals surface area contributed by atoms with E-state index in [9.17, 15) is 29.1 Å². The van der Waals surface area contributed by atoms with Gasteiger partial charge in [-0.1, -0.05) is 74.5 Å². The van der Waals surface area contributed by atoms with Crippen LogP contribution in [0.3, 0.4) is 0 Å². The van der Waals surface area contributed by atoms with Gasteiger partial charge >= 0.3 is 5.97 Å². The predicted molar refractivity (Wildman–Crippen MR) is 140 cm³/mol. The van der Waals surface area contributed by atoms with E-state index in [1.165, 1.54) is 0 Å². The quantitative estimate of drug-likeness (QED) is 0.198. The largest absolute Gasteiger partial charge is 0.480 e. The van der Waals surface area contributed by atoms with Crippen LogP contribution in [0.1, 0.15) is 31.4 Å². The van der Waals surface area contributed by atoms with Gasteiger partial charge in [-0.05, 0) is 23.5 Å². The summed E-state index contributed by atoms with van der Waals surface area (Å²) < 4.78 is 0. The van der Waals surface area contributed by atoms with Gasteiger partial charge in [0.2, 0.25) is 23.6 Å². The molecule has 4 unspecified atom stereocenters. The minimum atomic E-state index is -1.45. The first kappa shape index (κ1) is 30.0. The molecule has 0 aliphatic carbocycles. The summed E-state index contributed by atoms with van der Waals surface area (Å²) in [4.78, 5) is 62.2. The monoisotopic (exact) mass is 525 g/mol. The zero-order valence-corrected chi connectivity index (χ0v) is 21.4. The van der Waals surface area contributed by atoms with Crippen molar-refractivity contribution in [3.8, 4) is 0 Å². The smallest absolute Gasteiger partial charge is 0.326 e. The fraction of sp³-hybridized carbons (Fsp3) is 0.370. The molecule has 8 N–H and O–H groups in total. The van der Waals surface area contributed by atoms with Gasteiger partial charge in [0.05, 0.1) is 12.5 Å². The van der Waals surface area contributed by atoms with Crippen molar-refractivity contribution < 1.29 is 29.1 Å². The third-order valence-electron chi connectivity index (χ3n) is 5.82. The molecule has 204 valence electrons. The SMILES string of the molecule is CC(C)C(NC(=O)C(N)Cc1ccccc1)C(=O)NC(CC(N)=O)C(=O)NC(Cc1ccccc1)C(=O)O. The molecule has 0 saturated heterocycles. The van der Waals surface area contributed by atoms with Gasteiger partial charge in [-0.25, -0.2) is 4.79 Å². The van der Waals surface area contributed by atoms with E-state index in [-0.39, 0.29) is 12.8 Å². The Balaban J connectivity index is 2.10. The molecule has 0 aliphatic heterocycles. The number of amides is 4. The Labute approximate surface area is 221 Å². The van der Waals surface area contributed by atoms with Crippen LogP contribution in [0.25, 0.3) is 0 Å². The second kappa shape index (κ2) is 14.5. The molecule has 0 saturated carbocycles. The highest BCUT2D eigenvalue weighted by Crippen LogP contribution is 2.08. The summed E-state index contributed by atoms with van der Waals surface area (Å²) in [5.74, 6) is -4.76. The van der Waals surface area contributed by atoms with E-state index in [0.717, 1.165) is 5.56 Å². The van der Waals surface area contributed by atoms with Gasteiger partial charge in [-0.2, -0.15) is 0 Å². The summed E-state index contributed by atoms with van der Waals surface area (Å²) in [5, 5.41) is 17.0. The number of nitrogens with two attached hydrogens (primary N) is 2. The van der Waals surface area contributed by atoms with Crippen molar-refractivity contribution in [1.82, 2.24) is 16.0 Å². The van der Waals surface area contributed by atoms with Gasteiger partial charge in [0.1, 0.15) is 18.1 Å². The molecule has 11 nitrogen and oxygen atoms in total. The van der Waals surface area contributed by atoms with Gasteiger partial charge in [0, 0.05) is 6.42 Å². The maximum Gasteiger partial charge on any atom is 0.326 e. The number of nitrogens with one attached hydrogen (secondary N) is 3. The lowest BCUT2D eigenvalue weighted by atomic mass is 10.0. The third kappa shape index (κ3) is 9.66. The maximum atomic E-state index is 13.1. The van der Waals surface area contributed by atoms with E-state index in [1.807, 2.05) is 30.3 Å². The van der Waals surface area contributed by atoms with Crippen molar-refractivity contribution in [2.24, 2.45) is 17.4 Å². The molecule has 0 heterocycles. The molecule has 0 aromatic heterocycles. The first-order valence-electron chi connectivity index (χ1n) is 12.2. The fourth-order valence-electron chi connectivity index (χ4n) is 3.75. The molecule has 2 rings (SSSR count). The summed E-state index contributed by atoms with van der Waals surface area (Å²) in [6, 6.07) is 13.0. The predicted octanol–water partition coefficient (Wildman–Crippen LogP) is -0.130. The molecule has 0 fully saturated rings. The molecule has 0 radical (unpaired) electrons. The number of primary amides is 1. The lowest BCUT2D eigenvalue weighted by molar-refractivity contribution is -0.142. The van der Waals surface area contributed by atoms with E-state index in [1.54, 1.807) is 44.2 Å². The number of carboxylic acid groups (broad SMARTS) is 1. The van der Waals surface area contributed by atoms with E-state index >= 15 is 0 Å². The number of hydrogen-bond acceptors (Lipinski definition) is 6. The molecular weight excluding hydrogens is 490 g/mol. The van der Waals surface area contributed by atoms with Crippen LogP contribution in [0.5, 0.6) is 0 Å². The molecule has 2 aromatic carbocycles. The van der Waals surface area contributed by atoms with E-state index in [2.05, 4.69) is 16.0 Å². The first-order chi connectivity index (χ1) is 18.0. The zero-order valence-electron chi connectivity index (χ0n) is 21.4. The number of aliphatic carboxylic acids is 1. The molecule has 4 atom stereocenters. The van der Waals surface area contributed by atoms with Crippen molar-refractivity contribution in [2.45, 2.75) is 57.3 Å². The van der Waals surface area contributed by atoms with Gasteiger partial charge in [-0.15, -0.1) is 0 Å². The zero-order chi connectivity index (χ0) is 28.2. The van der Waals surface area contributed by atoms with Crippen molar-refractivity contribution in [1.29, 1.82) is 0 Å². The molecule has 0 bridgehead atoms. The Kier molecular flexibility index (Phi) is 11.4. The van der Waals surface area contributed by atoms with Gasteiger partial charge in [0.25, 0.3) is 0 Å². The van der Waals surface area contributed by atoms with Crippen molar-refractivity contribution in [2.75, 3.05) is 0 Å². The Bertz CT molecular complexity index is 1110. The first-order valence-corrected chi connectivity index (χ1v) is 12.2. The number of carbonyl (C=O) groups is 5. The normalized spacial score (nSPS) is 14.0. The van der Waals surface area contributed by atoms with E-state index < -0.39 is 66.1 Å².